The molecular weight excluding hydrogens is 408 g/mol. The average molecular weight is 430 g/mol. The summed E-state index contributed by atoms with van der Waals surface area (Å²) >= 11 is 0. The van der Waals surface area contributed by atoms with E-state index in [-0.39, 0.29) is 23.8 Å². The van der Waals surface area contributed by atoms with Gasteiger partial charge in [-0.1, -0.05) is 30.3 Å². The third-order valence-corrected chi connectivity index (χ3v) is 6.10. The highest BCUT2D eigenvalue weighted by Gasteiger charge is 2.24. The largest absolute Gasteiger partial charge is 0.361 e. The van der Waals surface area contributed by atoms with Crippen LogP contribution in [-0.2, 0) is 21.2 Å². The minimum absolute atomic E-state index is 0.111. The lowest BCUT2D eigenvalue weighted by molar-refractivity contribution is -0.387. The van der Waals surface area contributed by atoms with E-state index in [0.717, 1.165) is 22.5 Å². The molecule has 1 amide bonds. The van der Waals surface area contributed by atoms with Gasteiger partial charge in [0.25, 0.3) is 5.69 Å². The van der Waals surface area contributed by atoms with Gasteiger partial charge in [0.1, 0.15) is 0 Å². The quantitative estimate of drug-likeness (QED) is 0.258. The highest BCUT2D eigenvalue weighted by molar-refractivity contribution is 7.89. The molecule has 0 aliphatic heterocycles. The lowest BCUT2D eigenvalue weighted by atomic mass is 10.1. The second kappa shape index (κ2) is 9.51. The van der Waals surface area contributed by atoms with Gasteiger partial charge in [-0.25, -0.2) is 13.1 Å². The highest BCUT2D eigenvalue weighted by Crippen LogP contribution is 2.22. The molecule has 3 rings (SSSR count). The molecule has 158 valence electrons. The molecule has 0 aliphatic carbocycles. The summed E-state index contributed by atoms with van der Waals surface area (Å²) in [5, 5.41) is 14.8. The standard InChI is InChI=1S/C20H22N4O5S/c25-20(13-15-14-22-17-8-2-1-7-16(15)17)21-11-5-6-12-23-30(28,29)19-10-4-3-9-18(19)24(26)27/h1-4,7-10,14,22-23H,5-6,11-13H2,(H,21,25). The Bertz CT molecular complexity index is 1160. The van der Waals surface area contributed by atoms with Crippen LogP contribution < -0.4 is 10.0 Å². The first-order chi connectivity index (χ1) is 14.4. The molecule has 3 aromatic rings. The van der Waals surface area contributed by atoms with Gasteiger partial charge in [0, 0.05) is 36.3 Å². The molecule has 0 radical (unpaired) electrons. The number of aromatic amines is 1. The second-order valence-corrected chi connectivity index (χ2v) is 8.45. The topological polar surface area (TPSA) is 134 Å². The van der Waals surface area contributed by atoms with Gasteiger partial charge in [-0.15, -0.1) is 0 Å². The van der Waals surface area contributed by atoms with Crippen LogP contribution in [0.25, 0.3) is 10.9 Å². The molecule has 30 heavy (non-hydrogen) atoms. The van der Waals surface area contributed by atoms with Crippen molar-refractivity contribution < 1.29 is 18.1 Å². The van der Waals surface area contributed by atoms with Gasteiger partial charge in [0.2, 0.25) is 15.9 Å². The average Bonchev–Trinajstić information content (AvgIpc) is 3.13. The van der Waals surface area contributed by atoms with Crippen molar-refractivity contribution in [3.05, 3.63) is 70.4 Å². The van der Waals surface area contributed by atoms with Crippen molar-refractivity contribution in [2.24, 2.45) is 0 Å². The van der Waals surface area contributed by atoms with E-state index in [2.05, 4.69) is 15.0 Å². The van der Waals surface area contributed by atoms with E-state index >= 15 is 0 Å². The molecule has 3 N–H and O–H groups in total. The Kier molecular flexibility index (Phi) is 6.80. The molecule has 10 heteroatoms. The van der Waals surface area contributed by atoms with E-state index in [9.17, 15) is 23.3 Å². The minimum Gasteiger partial charge on any atom is -0.361 e. The fourth-order valence-corrected chi connectivity index (χ4v) is 4.35. The normalized spacial score (nSPS) is 11.5. The number of para-hydroxylation sites is 2. The van der Waals surface area contributed by atoms with Crippen molar-refractivity contribution in [1.29, 1.82) is 0 Å². The van der Waals surface area contributed by atoms with Crippen molar-refractivity contribution in [2.75, 3.05) is 13.1 Å². The maximum absolute atomic E-state index is 12.3. The van der Waals surface area contributed by atoms with Gasteiger partial charge in [-0.2, -0.15) is 0 Å². The van der Waals surface area contributed by atoms with E-state index < -0.39 is 20.6 Å². The Balaban J connectivity index is 1.41. The number of rotatable bonds is 10. The fraction of sp³-hybridized carbons (Fsp3) is 0.250. The number of carbonyl (C=O) groups excluding carboxylic acids is 1. The molecule has 0 atom stereocenters. The second-order valence-electron chi connectivity index (χ2n) is 6.72. The minimum atomic E-state index is -3.98. The number of amides is 1. The number of nitrogens with zero attached hydrogens (tertiary/aromatic N) is 1. The summed E-state index contributed by atoms with van der Waals surface area (Å²) in [5.41, 5.74) is 1.43. The monoisotopic (exact) mass is 430 g/mol. The lowest BCUT2D eigenvalue weighted by Gasteiger charge is -2.08. The molecule has 0 spiro atoms. The third kappa shape index (κ3) is 5.22. The number of carbonyl (C=O) groups is 1. The maximum atomic E-state index is 12.3. The Morgan fingerprint density at radius 2 is 1.73 bits per heavy atom. The van der Waals surface area contributed by atoms with Crippen LogP contribution in [-0.4, -0.2) is 37.3 Å². The molecule has 9 nitrogen and oxygen atoms in total. The Labute approximate surface area is 173 Å². The van der Waals surface area contributed by atoms with Crippen LogP contribution in [0.4, 0.5) is 5.69 Å². The summed E-state index contributed by atoms with van der Waals surface area (Å²) in [6, 6.07) is 12.9. The number of sulfonamides is 1. The number of benzene rings is 2. The van der Waals surface area contributed by atoms with Gasteiger partial charge in [-0.05, 0) is 30.5 Å². The fourth-order valence-electron chi connectivity index (χ4n) is 3.11. The summed E-state index contributed by atoms with van der Waals surface area (Å²) in [4.78, 5) is 25.2. The van der Waals surface area contributed by atoms with Crippen LogP contribution >= 0.6 is 0 Å². The molecule has 0 saturated carbocycles. The number of hydrogen-bond donors (Lipinski definition) is 3. The van der Waals surface area contributed by atoms with Crippen LogP contribution in [0, 0.1) is 10.1 Å². The van der Waals surface area contributed by atoms with Gasteiger partial charge in [0.05, 0.1) is 11.3 Å². The molecule has 2 aromatic carbocycles. The maximum Gasteiger partial charge on any atom is 0.289 e. The first-order valence-corrected chi connectivity index (χ1v) is 10.9. The van der Waals surface area contributed by atoms with Gasteiger partial charge in [-0.3, -0.25) is 14.9 Å². The summed E-state index contributed by atoms with van der Waals surface area (Å²) in [7, 11) is -3.98. The van der Waals surface area contributed by atoms with Crippen molar-refractivity contribution in [3.63, 3.8) is 0 Å². The lowest BCUT2D eigenvalue weighted by Crippen LogP contribution is -2.28. The molecular formula is C20H22N4O5S. The molecule has 1 heterocycles. The SMILES string of the molecule is O=C(Cc1c[nH]c2ccccc12)NCCCCNS(=O)(=O)c1ccccc1[N+](=O)[O-]. The first-order valence-electron chi connectivity index (χ1n) is 9.43. The third-order valence-electron chi connectivity index (χ3n) is 4.60. The van der Waals surface area contributed by atoms with Crippen molar-refractivity contribution in [1.82, 2.24) is 15.0 Å². The predicted molar refractivity (Wildman–Crippen MR) is 113 cm³/mol. The predicted octanol–water partition coefficient (Wildman–Crippen LogP) is 2.49. The number of aromatic nitrogens is 1. The number of nitro groups is 1. The summed E-state index contributed by atoms with van der Waals surface area (Å²) < 4.78 is 27.0. The van der Waals surface area contributed by atoms with Crippen LogP contribution in [0.2, 0.25) is 0 Å². The van der Waals surface area contributed by atoms with E-state index in [1.54, 1.807) is 0 Å². The van der Waals surface area contributed by atoms with Crippen molar-refractivity contribution in [2.45, 2.75) is 24.2 Å². The van der Waals surface area contributed by atoms with Crippen LogP contribution in [0.1, 0.15) is 18.4 Å². The van der Waals surface area contributed by atoms with E-state index in [1.807, 2.05) is 30.5 Å². The number of nitrogens with one attached hydrogen (secondary N) is 3. The van der Waals surface area contributed by atoms with E-state index in [4.69, 9.17) is 0 Å². The van der Waals surface area contributed by atoms with Gasteiger partial charge < -0.3 is 10.3 Å². The molecule has 1 aromatic heterocycles. The Hall–Kier alpha value is -3.24. The van der Waals surface area contributed by atoms with Gasteiger partial charge >= 0.3 is 0 Å². The molecule has 0 aliphatic rings. The molecule has 0 bridgehead atoms. The highest BCUT2D eigenvalue weighted by atomic mass is 32.2. The molecule has 0 saturated heterocycles. The van der Waals surface area contributed by atoms with Gasteiger partial charge in [0.15, 0.2) is 4.90 Å². The van der Waals surface area contributed by atoms with E-state index in [0.29, 0.717) is 19.4 Å². The van der Waals surface area contributed by atoms with Crippen LogP contribution in [0.3, 0.4) is 0 Å². The van der Waals surface area contributed by atoms with Crippen LogP contribution in [0.15, 0.2) is 59.6 Å². The van der Waals surface area contributed by atoms with E-state index in [1.165, 1.54) is 18.2 Å². The Morgan fingerprint density at radius 3 is 2.53 bits per heavy atom. The zero-order valence-electron chi connectivity index (χ0n) is 16.1. The zero-order chi connectivity index (χ0) is 21.6. The number of H-pyrrole nitrogens is 1. The van der Waals surface area contributed by atoms with Crippen LogP contribution in [0.5, 0.6) is 0 Å². The summed E-state index contributed by atoms with van der Waals surface area (Å²) in [6.07, 6.45) is 3.13. The first kappa shape index (κ1) is 21.5. The zero-order valence-corrected chi connectivity index (χ0v) is 16.9. The number of unbranched alkanes of at least 4 members (excludes halogenated alkanes) is 1. The number of fused-ring (bicyclic) bond motifs is 1. The number of nitro benzene ring substituents is 1. The summed E-state index contributed by atoms with van der Waals surface area (Å²) in [6.45, 7) is 0.529. The smallest absolute Gasteiger partial charge is 0.289 e. The number of hydrogen-bond acceptors (Lipinski definition) is 5. The molecule has 0 fully saturated rings. The Morgan fingerprint density at radius 1 is 1.03 bits per heavy atom. The van der Waals surface area contributed by atoms with Crippen molar-refractivity contribution >= 4 is 32.5 Å². The van der Waals surface area contributed by atoms with Crippen molar-refractivity contribution in [3.8, 4) is 0 Å². The summed E-state index contributed by atoms with van der Waals surface area (Å²) in [5.74, 6) is -0.111. The molecule has 0 unspecified atom stereocenters.